The number of benzene rings is 2. The number of hydrazone groups is 1. The first-order chi connectivity index (χ1) is 12.6. The Kier molecular flexibility index (Phi) is 3.99. The van der Waals surface area contributed by atoms with Crippen LogP contribution < -0.4 is 5.43 Å². The van der Waals surface area contributed by atoms with Crippen LogP contribution in [0, 0.1) is 11.8 Å². The number of rotatable bonds is 4. The van der Waals surface area contributed by atoms with Crippen LogP contribution >= 0.6 is 0 Å². The summed E-state index contributed by atoms with van der Waals surface area (Å²) < 4.78 is 0. The Bertz CT molecular complexity index is 898. The van der Waals surface area contributed by atoms with E-state index in [4.69, 9.17) is 0 Å². The summed E-state index contributed by atoms with van der Waals surface area (Å²) in [4.78, 5) is 37.2. The van der Waals surface area contributed by atoms with Gasteiger partial charge in [0, 0.05) is 17.0 Å². The molecule has 0 aromatic heterocycles. The number of amides is 1. The highest BCUT2D eigenvalue weighted by atomic mass is 16.2. The van der Waals surface area contributed by atoms with Crippen LogP contribution in [0.4, 0.5) is 0 Å². The SMILES string of the molecule is CC(=NNC(=O)[C@H]1C[C@@H]1c1ccccc1)C1C(=O)c2ccccc2C1=O. The van der Waals surface area contributed by atoms with Crippen LogP contribution in [0.1, 0.15) is 45.5 Å². The van der Waals surface area contributed by atoms with E-state index >= 15 is 0 Å². The van der Waals surface area contributed by atoms with Crippen molar-refractivity contribution < 1.29 is 14.4 Å². The molecule has 1 fully saturated rings. The molecule has 0 aliphatic heterocycles. The highest BCUT2D eigenvalue weighted by Gasteiger charge is 2.44. The summed E-state index contributed by atoms with van der Waals surface area (Å²) in [5, 5.41) is 4.05. The van der Waals surface area contributed by atoms with Gasteiger partial charge in [-0.1, -0.05) is 54.6 Å². The molecule has 0 heterocycles. The van der Waals surface area contributed by atoms with Crippen molar-refractivity contribution in [1.82, 2.24) is 5.43 Å². The molecule has 2 aromatic rings. The van der Waals surface area contributed by atoms with Gasteiger partial charge in [-0.2, -0.15) is 5.10 Å². The van der Waals surface area contributed by atoms with E-state index in [0.717, 1.165) is 12.0 Å². The second-order valence-corrected chi connectivity index (χ2v) is 6.80. The summed E-state index contributed by atoms with van der Waals surface area (Å²) in [6, 6.07) is 16.7. The van der Waals surface area contributed by atoms with Crippen molar-refractivity contribution in [3.8, 4) is 0 Å². The molecule has 4 rings (SSSR count). The number of carbonyl (C=O) groups is 3. The number of nitrogens with one attached hydrogen (secondary N) is 1. The highest BCUT2D eigenvalue weighted by molar-refractivity contribution is 6.36. The Morgan fingerprint density at radius 1 is 0.962 bits per heavy atom. The van der Waals surface area contributed by atoms with E-state index in [1.165, 1.54) is 0 Å². The predicted octanol–water partition coefficient (Wildman–Crippen LogP) is 2.98. The Balaban J connectivity index is 1.43. The molecule has 0 spiro atoms. The minimum Gasteiger partial charge on any atom is -0.293 e. The van der Waals surface area contributed by atoms with Crippen molar-refractivity contribution in [2.45, 2.75) is 19.3 Å². The summed E-state index contributed by atoms with van der Waals surface area (Å²) in [7, 11) is 0. The van der Waals surface area contributed by atoms with Gasteiger partial charge in [-0.15, -0.1) is 0 Å². The van der Waals surface area contributed by atoms with Gasteiger partial charge in [0.1, 0.15) is 5.92 Å². The van der Waals surface area contributed by atoms with E-state index in [9.17, 15) is 14.4 Å². The van der Waals surface area contributed by atoms with Crippen LogP contribution in [-0.4, -0.2) is 23.2 Å². The second kappa shape index (κ2) is 6.33. The van der Waals surface area contributed by atoms with Crippen LogP contribution in [0.15, 0.2) is 59.7 Å². The van der Waals surface area contributed by atoms with E-state index in [2.05, 4.69) is 10.5 Å². The lowest BCUT2D eigenvalue weighted by atomic mass is 9.99. The van der Waals surface area contributed by atoms with Gasteiger partial charge >= 0.3 is 0 Å². The van der Waals surface area contributed by atoms with Gasteiger partial charge < -0.3 is 0 Å². The predicted molar refractivity (Wildman–Crippen MR) is 97.1 cm³/mol. The molecular formula is C21H18N2O3. The van der Waals surface area contributed by atoms with Gasteiger partial charge in [0.2, 0.25) is 5.91 Å². The highest BCUT2D eigenvalue weighted by Crippen LogP contribution is 2.47. The minimum absolute atomic E-state index is 0.110. The third-order valence-electron chi connectivity index (χ3n) is 5.10. The van der Waals surface area contributed by atoms with Crippen LogP contribution in [0.5, 0.6) is 0 Å². The standard InChI is InChI=1S/C21H18N2O3/c1-12(18-19(24)14-9-5-6-10-15(14)20(18)25)22-23-21(26)17-11-16(17)13-7-3-2-4-8-13/h2-10,16-18H,11H2,1H3,(H,23,26)/t16-,17+/m1/s1. The van der Waals surface area contributed by atoms with E-state index in [-0.39, 0.29) is 29.3 Å². The Labute approximate surface area is 151 Å². The maximum atomic E-state index is 12.5. The lowest BCUT2D eigenvalue weighted by Gasteiger charge is -2.07. The average molecular weight is 346 g/mol. The Hall–Kier alpha value is -3.08. The molecule has 0 bridgehead atoms. The molecule has 5 nitrogen and oxygen atoms in total. The summed E-state index contributed by atoms with van der Waals surface area (Å²) in [5.74, 6) is -1.51. The number of ketones is 2. The van der Waals surface area contributed by atoms with E-state index in [1.807, 2.05) is 30.3 Å². The first kappa shape index (κ1) is 16.4. The maximum Gasteiger partial charge on any atom is 0.243 e. The van der Waals surface area contributed by atoms with E-state index in [1.54, 1.807) is 31.2 Å². The lowest BCUT2D eigenvalue weighted by molar-refractivity contribution is -0.122. The fourth-order valence-corrected chi connectivity index (χ4v) is 3.57. The number of carbonyl (C=O) groups excluding carboxylic acids is 3. The van der Waals surface area contributed by atoms with Crippen LogP contribution in [-0.2, 0) is 4.79 Å². The second-order valence-electron chi connectivity index (χ2n) is 6.80. The van der Waals surface area contributed by atoms with E-state index in [0.29, 0.717) is 16.8 Å². The van der Waals surface area contributed by atoms with Crippen LogP contribution in [0.25, 0.3) is 0 Å². The van der Waals surface area contributed by atoms with Crippen molar-refractivity contribution in [1.29, 1.82) is 0 Å². The number of fused-ring (bicyclic) bond motifs is 1. The normalized spacial score (nSPS) is 22.3. The first-order valence-corrected chi connectivity index (χ1v) is 8.64. The molecule has 1 saturated carbocycles. The van der Waals surface area contributed by atoms with Gasteiger partial charge in [-0.05, 0) is 24.8 Å². The summed E-state index contributed by atoms with van der Waals surface area (Å²) in [6.45, 7) is 1.61. The quantitative estimate of drug-likeness (QED) is 0.525. The molecule has 2 atom stereocenters. The molecule has 2 aromatic carbocycles. The van der Waals surface area contributed by atoms with Gasteiger partial charge in [0.15, 0.2) is 11.6 Å². The molecule has 1 amide bonds. The monoisotopic (exact) mass is 346 g/mol. The van der Waals surface area contributed by atoms with Crippen molar-refractivity contribution in [2.75, 3.05) is 0 Å². The Morgan fingerprint density at radius 3 is 2.15 bits per heavy atom. The van der Waals surface area contributed by atoms with Gasteiger partial charge in [0.25, 0.3) is 0 Å². The molecule has 26 heavy (non-hydrogen) atoms. The average Bonchev–Trinajstić information content (AvgIpc) is 3.43. The molecular weight excluding hydrogens is 328 g/mol. The topological polar surface area (TPSA) is 75.6 Å². The molecule has 0 saturated heterocycles. The minimum atomic E-state index is -0.933. The molecule has 1 N–H and O–H groups in total. The number of hydrogen-bond donors (Lipinski definition) is 1. The van der Waals surface area contributed by atoms with E-state index < -0.39 is 5.92 Å². The summed E-state index contributed by atoms with van der Waals surface area (Å²) in [5.41, 5.74) is 4.85. The first-order valence-electron chi connectivity index (χ1n) is 8.64. The third kappa shape index (κ3) is 2.75. The molecule has 0 radical (unpaired) electrons. The summed E-state index contributed by atoms with van der Waals surface area (Å²) in [6.07, 6.45) is 0.789. The molecule has 2 aliphatic rings. The smallest absolute Gasteiger partial charge is 0.243 e. The number of Topliss-reactive ketones (excluding diaryl/α,β-unsaturated/α-hetero) is 2. The molecule has 5 heteroatoms. The van der Waals surface area contributed by atoms with Crippen LogP contribution in [0.3, 0.4) is 0 Å². The summed E-state index contributed by atoms with van der Waals surface area (Å²) >= 11 is 0. The maximum absolute atomic E-state index is 12.5. The number of hydrogen-bond acceptors (Lipinski definition) is 4. The zero-order chi connectivity index (χ0) is 18.3. The molecule has 130 valence electrons. The lowest BCUT2D eigenvalue weighted by Crippen LogP contribution is -2.28. The fraction of sp³-hybridized carbons (Fsp3) is 0.238. The Morgan fingerprint density at radius 2 is 1.54 bits per heavy atom. The van der Waals surface area contributed by atoms with Gasteiger partial charge in [-0.3, -0.25) is 14.4 Å². The number of nitrogens with zero attached hydrogens (tertiary/aromatic N) is 1. The van der Waals surface area contributed by atoms with Crippen molar-refractivity contribution in [2.24, 2.45) is 16.9 Å². The molecule has 0 unspecified atom stereocenters. The fourth-order valence-electron chi connectivity index (χ4n) is 3.57. The molecule has 2 aliphatic carbocycles. The zero-order valence-electron chi connectivity index (χ0n) is 14.3. The third-order valence-corrected chi connectivity index (χ3v) is 5.10. The van der Waals surface area contributed by atoms with Gasteiger partial charge in [0.05, 0.1) is 5.71 Å². The largest absolute Gasteiger partial charge is 0.293 e. The van der Waals surface area contributed by atoms with Crippen molar-refractivity contribution in [3.63, 3.8) is 0 Å². The van der Waals surface area contributed by atoms with Gasteiger partial charge in [-0.25, -0.2) is 5.43 Å². The van der Waals surface area contributed by atoms with Crippen molar-refractivity contribution in [3.05, 3.63) is 71.3 Å². The van der Waals surface area contributed by atoms with Crippen LogP contribution in [0.2, 0.25) is 0 Å². The van der Waals surface area contributed by atoms with Crippen molar-refractivity contribution >= 4 is 23.2 Å². The zero-order valence-corrected chi connectivity index (χ0v) is 14.3.